The normalized spacial score (nSPS) is 22.1. The van der Waals surface area contributed by atoms with Gasteiger partial charge < -0.3 is 39.4 Å². The van der Waals surface area contributed by atoms with Gasteiger partial charge in [0.05, 0.1) is 65.9 Å². The van der Waals surface area contributed by atoms with Crippen LogP contribution >= 0.6 is 85.0 Å². The number of piperidine rings is 2. The van der Waals surface area contributed by atoms with Crippen LogP contribution in [0, 0.1) is 0 Å². The van der Waals surface area contributed by atoms with Gasteiger partial charge in [-0.1, -0.05) is 80.2 Å². The van der Waals surface area contributed by atoms with E-state index in [1.807, 2.05) is 54.6 Å². The number of nitrogens with one attached hydrogen (secondary N) is 3. The number of anilines is 1. The van der Waals surface area contributed by atoms with Crippen molar-refractivity contribution >= 4 is 123 Å². The summed E-state index contributed by atoms with van der Waals surface area (Å²) in [5.74, 6) is 2.27. The molecule has 4 saturated heterocycles. The third-order valence-corrected chi connectivity index (χ3v) is 19.8. The first-order chi connectivity index (χ1) is 38.4. The topological polar surface area (TPSA) is 170 Å². The van der Waals surface area contributed by atoms with E-state index in [1.165, 1.54) is 64.1 Å². The number of hydrogen-bond donors (Lipinski definition) is 3. The molecule has 14 nitrogen and oxygen atoms in total. The van der Waals surface area contributed by atoms with Crippen LogP contribution in [0.3, 0.4) is 0 Å². The number of benzene rings is 4. The van der Waals surface area contributed by atoms with Gasteiger partial charge in [-0.2, -0.15) is 0 Å². The number of aromatic nitrogens is 4. The van der Waals surface area contributed by atoms with Gasteiger partial charge >= 0.3 is 11.9 Å². The predicted octanol–water partition coefficient (Wildman–Crippen LogP) is 15.0. The van der Waals surface area contributed by atoms with Crippen molar-refractivity contribution in [3.05, 3.63) is 131 Å². The van der Waals surface area contributed by atoms with Crippen molar-refractivity contribution in [1.29, 1.82) is 0 Å². The molecular formula is C58H57BrCl4N8O6S2. The zero-order valence-electron chi connectivity index (χ0n) is 43.3. The van der Waals surface area contributed by atoms with Crippen molar-refractivity contribution in [2.45, 2.75) is 138 Å². The highest BCUT2D eigenvalue weighted by Crippen LogP contribution is 2.48. The molecule has 6 fully saturated rings. The molecule has 79 heavy (non-hydrogen) atoms. The fourth-order valence-corrected chi connectivity index (χ4v) is 15.7. The molecule has 4 aromatic heterocycles. The molecule has 2 saturated carbocycles. The van der Waals surface area contributed by atoms with E-state index in [1.54, 1.807) is 29.5 Å². The van der Waals surface area contributed by atoms with E-state index in [-0.39, 0.29) is 11.9 Å². The summed E-state index contributed by atoms with van der Waals surface area (Å²) in [5, 5.41) is 23.6. The van der Waals surface area contributed by atoms with Crippen molar-refractivity contribution in [1.82, 2.24) is 36.2 Å². The van der Waals surface area contributed by atoms with Crippen LogP contribution in [0.5, 0.6) is 0 Å². The first-order valence-corrected chi connectivity index (χ1v) is 30.8. The Morgan fingerprint density at radius 2 is 1.09 bits per heavy atom. The van der Waals surface area contributed by atoms with Crippen LogP contribution in [-0.4, -0.2) is 82.7 Å². The summed E-state index contributed by atoms with van der Waals surface area (Å²) in [6.07, 6.45) is 14.0. The van der Waals surface area contributed by atoms with Gasteiger partial charge in [-0.05, 0) is 154 Å². The van der Waals surface area contributed by atoms with E-state index in [4.69, 9.17) is 65.2 Å². The van der Waals surface area contributed by atoms with Crippen molar-refractivity contribution < 1.29 is 28.1 Å². The average molecular weight is 1250 g/mol. The number of carbonyl (C=O) groups excluding carboxylic acids is 2. The standard InChI is InChI=1S/C29H28Cl2N4O3S.C20H23Cl2N3O.C9H6BrNO2S/c1-37-28(36)16-7-10-23-24(11-16)39-29(33-23)35-18-8-9-19(35)13-17(12-18)32-14-20-26(34-38-27(20)15-5-6-15)25-21(30)3-2-4-22(25)31;21-16-2-1-3-17(22)18(16)19-15(20(26-25-19)11-4-5-11)10-23-14-8-12-6-7-13(9-14)24-12;1-13-8(12)5-2-3-6-7(4-5)14-9(10)11-6/h2-4,7,10-11,15,17-19,32H,5-6,8-9,12-14H2,1H3;1-3,11-14,23-24H,4-10H2;2-4H,1H3. The summed E-state index contributed by atoms with van der Waals surface area (Å²) in [6, 6.07) is 25.1. The van der Waals surface area contributed by atoms with Crippen LogP contribution in [0.1, 0.15) is 132 Å². The quantitative estimate of drug-likeness (QED) is 0.0932. The molecule has 0 radical (unpaired) electrons. The zero-order chi connectivity index (χ0) is 54.5. The van der Waals surface area contributed by atoms with E-state index < -0.39 is 0 Å². The minimum atomic E-state index is -0.323. The van der Waals surface area contributed by atoms with Crippen LogP contribution in [-0.2, 0) is 22.6 Å². The zero-order valence-corrected chi connectivity index (χ0v) is 49.6. The van der Waals surface area contributed by atoms with E-state index >= 15 is 0 Å². The number of thiazole rings is 2. The first kappa shape index (κ1) is 54.9. The molecule has 4 atom stereocenters. The lowest BCUT2D eigenvalue weighted by Gasteiger charge is -2.39. The number of fused-ring (bicyclic) bond motifs is 6. The lowest BCUT2D eigenvalue weighted by atomic mass is 9.97. The smallest absolute Gasteiger partial charge is 0.337 e. The maximum absolute atomic E-state index is 12.0. The van der Waals surface area contributed by atoms with Crippen LogP contribution < -0.4 is 20.9 Å². The molecule has 0 spiro atoms. The molecule has 4 aromatic carbocycles. The van der Waals surface area contributed by atoms with Gasteiger partial charge in [0.25, 0.3) is 0 Å². The Balaban J connectivity index is 0.000000133. The Labute approximate surface area is 493 Å². The van der Waals surface area contributed by atoms with Crippen LogP contribution in [0.2, 0.25) is 20.1 Å². The Kier molecular flexibility index (Phi) is 16.4. The van der Waals surface area contributed by atoms with E-state index in [9.17, 15) is 9.59 Å². The maximum atomic E-state index is 12.0. The molecule has 8 aromatic rings. The van der Waals surface area contributed by atoms with Crippen molar-refractivity contribution in [3.8, 4) is 22.5 Å². The number of carbonyl (C=O) groups is 2. The fraction of sp³-hybridized carbons (Fsp3) is 0.414. The molecular weight excluding hydrogens is 1190 g/mol. The molecule has 3 N–H and O–H groups in total. The highest BCUT2D eigenvalue weighted by Gasteiger charge is 2.43. The Morgan fingerprint density at radius 1 is 0.633 bits per heavy atom. The van der Waals surface area contributed by atoms with E-state index in [0.717, 1.165) is 120 Å². The summed E-state index contributed by atoms with van der Waals surface area (Å²) in [4.78, 5) is 34.9. The minimum Gasteiger partial charge on any atom is -0.465 e. The largest absolute Gasteiger partial charge is 0.465 e. The summed E-state index contributed by atoms with van der Waals surface area (Å²) >= 11 is 32.4. The first-order valence-electron chi connectivity index (χ1n) is 26.9. The lowest BCUT2D eigenvalue weighted by Crippen LogP contribution is -2.49. The number of nitrogens with zero attached hydrogens (tertiary/aromatic N) is 5. The van der Waals surface area contributed by atoms with Crippen molar-refractivity contribution in [3.63, 3.8) is 0 Å². The molecule has 2 aliphatic carbocycles. The molecule has 14 rings (SSSR count). The van der Waals surface area contributed by atoms with Crippen LogP contribution in [0.4, 0.5) is 5.13 Å². The van der Waals surface area contributed by atoms with Crippen LogP contribution in [0.15, 0.2) is 85.8 Å². The third-order valence-electron chi connectivity index (χ3n) is 16.1. The summed E-state index contributed by atoms with van der Waals surface area (Å²) < 4.78 is 23.9. The van der Waals surface area contributed by atoms with Gasteiger partial charge in [0.2, 0.25) is 0 Å². The molecule has 412 valence electrons. The van der Waals surface area contributed by atoms with E-state index in [2.05, 4.69) is 56.8 Å². The number of ether oxygens (including phenoxy) is 2. The number of halogens is 5. The van der Waals surface area contributed by atoms with Crippen LogP contribution in [0.25, 0.3) is 42.9 Å². The molecule has 8 heterocycles. The minimum absolute atomic E-state index is 0.323. The Hall–Kier alpha value is -4.66. The Bertz CT molecular complexity index is 3500. The molecule has 6 aliphatic rings. The van der Waals surface area contributed by atoms with Crippen molar-refractivity contribution in [2.24, 2.45) is 0 Å². The highest BCUT2D eigenvalue weighted by molar-refractivity contribution is 9.11. The molecule has 21 heteroatoms. The van der Waals surface area contributed by atoms with Gasteiger partial charge in [0.1, 0.15) is 22.9 Å². The Morgan fingerprint density at radius 3 is 1.56 bits per heavy atom. The van der Waals surface area contributed by atoms with Gasteiger partial charge in [-0.15, -0.1) is 11.3 Å². The summed E-state index contributed by atoms with van der Waals surface area (Å²) in [7, 11) is 2.78. The number of hydrogen-bond acceptors (Lipinski definition) is 16. The lowest BCUT2D eigenvalue weighted by molar-refractivity contribution is 0.0592. The SMILES string of the molecule is COC(=O)c1ccc2nc(Br)sc2c1.COC(=O)c1ccc2nc(N3C4CCC3CC(NCc3c(-c5c(Cl)cccc5Cl)noc3C3CC3)C4)sc2c1.Clc1cccc(Cl)c1-c1noc(C2CC2)c1CNC1CC2CCC(C1)N2. The predicted molar refractivity (Wildman–Crippen MR) is 316 cm³/mol. The van der Waals surface area contributed by atoms with Gasteiger partial charge in [-0.25, -0.2) is 19.6 Å². The van der Waals surface area contributed by atoms with Crippen molar-refractivity contribution in [2.75, 3.05) is 19.1 Å². The number of rotatable bonds is 13. The van der Waals surface area contributed by atoms with Gasteiger partial charge in [-0.3, -0.25) is 0 Å². The second-order valence-electron chi connectivity index (χ2n) is 21.3. The average Bonchev–Trinajstić information content (AvgIpc) is 4.41. The molecule has 4 aliphatic heterocycles. The van der Waals surface area contributed by atoms with E-state index in [0.29, 0.717) is 85.8 Å². The summed E-state index contributed by atoms with van der Waals surface area (Å²) in [5.41, 5.74) is 8.21. The van der Waals surface area contributed by atoms with Gasteiger partial charge in [0, 0.05) is 83.4 Å². The second kappa shape index (κ2) is 23.7. The summed E-state index contributed by atoms with van der Waals surface area (Å²) in [6.45, 7) is 1.43. The monoisotopic (exact) mass is 1240 g/mol. The highest BCUT2D eigenvalue weighted by atomic mass is 79.9. The van der Waals surface area contributed by atoms with Gasteiger partial charge in [0.15, 0.2) is 9.05 Å². The maximum Gasteiger partial charge on any atom is 0.337 e. The molecule has 0 amide bonds. The number of methoxy groups -OCH3 is 2. The molecule has 4 bridgehead atoms. The fourth-order valence-electron chi connectivity index (χ4n) is 11.9. The number of esters is 2. The third kappa shape index (κ3) is 11.9. The second-order valence-corrected chi connectivity index (χ2v) is 26.3. The molecule has 4 unspecified atom stereocenters.